The van der Waals surface area contributed by atoms with Crippen LogP contribution in [-0.2, 0) is 0 Å². The summed E-state index contributed by atoms with van der Waals surface area (Å²) >= 11 is 0. The van der Waals surface area contributed by atoms with E-state index in [9.17, 15) is 0 Å². The van der Waals surface area contributed by atoms with E-state index >= 15 is 0 Å². The number of hydrogen-bond acceptors (Lipinski definition) is 4. The van der Waals surface area contributed by atoms with Crippen molar-refractivity contribution >= 4 is 17.0 Å². The molecule has 0 aromatic carbocycles. The Bertz CT molecular complexity index is 356. The Kier molecular flexibility index (Phi) is 3.11. The maximum atomic E-state index is 5.45. The first-order valence-corrected chi connectivity index (χ1v) is 2.72. The van der Waals surface area contributed by atoms with Crippen molar-refractivity contribution in [2.45, 2.75) is 0 Å². The summed E-state index contributed by atoms with van der Waals surface area (Å²) < 4.78 is 0. The van der Waals surface area contributed by atoms with Gasteiger partial charge in [-0.3, -0.25) is 0 Å². The van der Waals surface area contributed by atoms with Gasteiger partial charge in [-0.15, -0.1) is 0 Å². The molecule has 2 rings (SSSR count). The van der Waals surface area contributed by atoms with Crippen LogP contribution in [0.5, 0.6) is 0 Å². The van der Waals surface area contributed by atoms with Gasteiger partial charge < -0.3 is 20.7 Å². The third kappa shape index (κ3) is 1.66. The van der Waals surface area contributed by atoms with Crippen LogP contribution in [0.1, 0.15) is 0 Å². The molecule has 0 fully saturated rings. The summed E-state index contributed by atoms with van der Waals surface area (Å²) in [7, 11) is 0. The van der Waals surface area contributed by atoms with Gasteiger partial charge in [0.15, 0.2) is 0 Å². The Morgan fingerprint density at radius 3 is 2.82 bits per heavy atom. The van der Waals surface area contributed by atoms with Crippen molar-refractivity contribution in [3.8, 4) is 0 Å². The molecular weight excluding hydrogens is 216 g/mol. The summed E-state index contributed by atoms with van der Waals surface area (Å²) in [5, 5.41) is 0. The molecule has 0 radical (unpaired) electrons. The number of nitrogens with two attached hydrogens (primary N) is 1. The zero-order chi connectivity index (χ0) is 6.97. The molecule has 0 bridgehead atoms. The van der Waals surface area contributed by atoms with E-state index in [-0.39, 0.29) is 58.2 Å². The van der Waals surface area contributed by atoms with Crippen LogP contribution in [0, 0.1) is 0 Å². The summed E-state index contributed by atoms with van der Waals surface area (Å²) in [5.74, 6) is 0.377. The van der Waals surface area contributed by atoms with Crippen LogP contribution in [-0.4, -0.2) is 15.0 Å². The van der Waals surface area contributed by atoms with Crippen molar-refractivity contribution in [3.05, 3.63) is 12.7 Å². The van der Waals surface area contributed by atoms with Gasteiger partial charge in [0, 0.05) is 17.5 Å². The van der Waals surface area contributed by atoms with Crippen molar-refractivity contribution in [3.63, 3.8) is 0 Å². The number of nitrogens with zero attached hydrogens (tertiary/aromatic N) is 4. The van der Waals surface area contributed by atoms with Gasteiger partial charge >= 0.3 is 58.2 Å². The molecule has 2 heterocycles. The maximum Gasteiger partial charge on any atom is 1.00 e. The molecule has 5 nitrogen and oxygen atoms in total. The summed E-state index contributed by atoms with van der Waals surface area (Å²) in [6.07, 6.45) is 2.78. The number of nitrogen functional groups attached to an aromatic ring is 1. The van der Waals surface area contributed by atoms with Crippen LogP contribution in [0.4, 0.5) is 5.82 Å². The van der Waals surface area contributed by atoms with Crippen LogP contribution in [0.3, 0.4) is 0 Å². The smallest absolute Gasteiger partial charge is 0.383 e. The van der Waals surface area contributed by atoms with Gasteiger partial charge in [-0.1, -0.05) is 0 Å². The molecular formula is C5H4N5Rb. The number of hydrogen-bond donors (Lipinski definition) is 1. The Morgan fingerprint density at radius 2 is 2.09 bits per heavy atom. The van der Waals surface area contributed by atoms with Gasteiger partial charge in [0.1, 0.15) is 5.82 Å². The molecule has 2 aromatic heterocycles. The molecule has 0 aliphatic rings. The van der Waals surface area contributed by atoms with E-state index in [1.807, 2.05) is 0 Å². The summed E-state index contributed by atoms with van der Waals surface area (Å²) in [5.41, 5.74) is 6.57. The predicted octanol–water partition coefficient (Wildman–Crippen LogP) is -3.43. The van der Waals surface area contributed by atoms with E-state index in [0.29, 0.717) is 17.0 Å². The quantitative estimate of drug-likeness (QED) is 0.499. The predicted molar refractivity (Wildman–Crippen MR) is 35.1 cm³/mol. The Morgan fingerprint density at radius 1 is 1.27 bits per heavy atom. The SMILES string of the molecule is Nc1ncnc2[n-]cnc12.[Rb+]. The molecule has 2 aromatic rings. The number of aromatic nitrogens is 4. The fourth-order valence-electron chi connectivity index (χ4n) is 0.742. The molecule has 0 atom stereocenters. The maximum absolute atomic E-state index is 5.45. The van der Waals surface area contributed by atoms with Crippen molar-refractivity contribution in [2.75, 3.05) is 5.73 Å². The molecule has 0 saturated carbocycles. The number of anilines is 1. The van der Waals surface area contributed by atoms with Gasteiger partial charge in [-0.05, 0) is 6.33 Å². The molecule has 2 N–H and O–H groups in total. The van der Waals surface area contributed by atoms with E-state index in [0.717, 1.165) is 0 Å². The van der Waals surface area contributed by atoms with E-state index in [1.165, 1.54) is 12.7 Å². The Hall–Kier alpha value is 0.155. The second-order valence-electron chi connectivity index (χ2n) is 1.80. The van der Waals surface area contributed by atoms with Crippen LogP contribution >= 0.6 is 0 Å². The van der Waals surface area contributed by atoms with Crippen molar-refractivity contribution in [2.24, 2.45) is 0 Å². The topological polar surface area (TPSA) is 78.8 Å². The molecule has 0 amide bonds. The van der Waals surface area contributed by atoms with Crippen molar-refractivity contribution < 1.29 is 58.2 Å². The van der Waals surface area contributed by atoms with Gasteiger partial charge in [0.05, 0.1) is 0 Å². The van der Waals surface area contributed by atoms with Gasteiger partial charge in [-0.2, -0.15) is 0 Å². The van der Waals surface area contributed by atoms with Gasteiger partial charge in [0.2, 0.25) is 0 Å². The summed E-state index contributed by atoms with van der Waals surface area (Å²) in [4.78, 5) is 15.3. The first kappa shape index (κ1) is 9.24. The average Bonchev–Trinajstić information content (AvgIpc) is 2.36. The van der Waals surface area contributed by atoms with Crippen LogP contribution in [0.2, 0.25) is 0 Å². The molecule has 0 saturated heterocycles. The third-order valence-electron chi connectivity index (χ3n) is 1.20. The van der Waals surface area contributed by atoms with Crippen LogP contribution in [0.15, 0.2) is 12.7 Å². The minimum absolute atomic E-state index is 0. The number of rotatable bonds is 0. The standard InChI is InChI=1S/C5H4N5.Rb/c6-4-3-5(9-1-7-3)10-2-8-4;/h1-2H,(H2-,6,7,8,9,10);/q-1;+1. The van der Waals surface area contributed by atoms with Gasteiger partial charge in [-0.25, -0.2) is 4.98 Å². The summed E-state index contributed by atoms with van der Waals surface area (Å²) in [6.45, 7) is 0. The third-order valence-corrected chi connectivity index (χ3v) is 1.20. The van der Waals surface area contributed by atoms with Crippen molar-refractivity contribution in [1.29, 1.82) is 0 Å². The van der Waals surface area contributed by atoms with Crippen LogP contribution < -0.4 is 68.9 Å². The first-order chi connectivity index (χ1) is 4.88. The molecule has 6 heteroatoms. The Balaban J connectivity index is 0.000000605. The van der Waals surface area contributed by atoms with E-state index in [1.54, 1.807) is 0 Å². The fourth-order valence-corrected chi connectivity index (χ4v) is 0.742. The normalized spacial score (nSPS) is 9.45. The second kappa shape index (κ2) is 3.71. The monoisotopic (exact) mass is 219 g/mol. The second-order valence-corrected chi connectivity index (χ2v) is 1.80. The molecule has 50 valence electrons. The zero-order valence-electron chi connectivity index (χ0n) is 6.02. The molecule has 0 spiro atoms. The summed E-state index contributed by atoms with van der Waals surface area (Å²) in [6, 6.07) is 0. The zero-order valence-corrected chi connectivity index (χ0v) is 10.9. The minimum atomic E-state index is 0. The average molecular weight is 220 g/mol. The number of fused-ring (bicyclic) bond motifs is 1. The van der Waals surface area contributed by atoms with E-state index in [4.69, 9.17) is 5.73 Å². The minimum Gasteiger partial charge on any atom is -0.383 e. The fraction of sp³-hybridized carbons (Fsp3) is 0. The van der Waals surface area contributed by atoms with Crippen molar-refractivity contribution in [1.82, 2.24) is 19.9 Å². The first-order valence-electron chi connectivity index (χ1n) is 2.72. The molecule has 0 unspecified atom stereocenters. The van der Waals surface area contributed by atoms with E-state index < -0.39 is 0 Å². The molecule has 0 aliphatic heterocycles. The van der Waals surface area contributed by atoms with E-state index in [2.05, 4.69) is 19.9 Å². The largest absolute Gasteiger partial charge is 1.00 e. The Labute approximate surface area is 112 Å². The molecule has 0 aliphatic carbocycles. The molecule has 11 heavy (non-hydrogen) atoms. The van der Waals surface area contributed by atoms with Gasteiger partial charge in [0.25, 0.3) is 0 Å². The van der Waals surface area contributed by atoms with Crippen LogP contribution in [0.25, 0.3) is 11.2 Å². The number of imidazole rings is 1.